The molecule has 0 radical (unpaired) electrons. The molecule has 2 aromatic carbocycles. The number of hydrogen-bond acceptors (Lipinski definition) is 2. The van der Waals surface area contributed by atoms with Gasteiger partial charge in [-0.2, -0.15) is 0 Å². The zero-order chi connectivity index (χ0) is 15.2. The molecule has 0 saturated heterocycles. The van der Waals surface area contributed by atoms with E-state index in [2.05, 4.69) is 37.4 Å². The maximum Gasteiger partial charge on any atom is 0.118 e. The molecule has 2 nitrogen and oxygen atoms in total. The molecule has 2 aromatic rings. The molecular formula is C18H22ClNO. The Balaban J connectivity index is 1.92. The standard InChI is InChI=1S/C18H22ClNO/c1-13(11-15-7-9-18(21-3)10-8-15)20-14(2)16-5-4-6-17(19)12-16/h4-10,12-14,20H,11H2,1-3H3/t13?,14-/m0/s1. The van der Waals surface area contributed by atoms with Crippen molar-refractivity contribution in [2.24, 2.45) is 0 Å². The first-order valence-electron chi connectivity index (χ1n) is 7.23. The van der Waals surface area contributed by atoms with Gasteiger partial charge in [0.25, 0.3) is 0 Å². The minimum absolute atomic E-state index is 0.275. The summed E-state index contributed by atoms with van der Waals surface area (Å²) in [5, 5.41) is 4.39. The van der Waals surface area contributed by atoms with Crippen LogP contribution < -0.4 is 10.1 Å². The smallest absolute Gasteiger partial charge is 0.118 e. The molecule has 0 aliphatic heterocycles. The fourth-order valence-corrected chi connectivity index (χ4v) is 2.67. The van der Waals surface area contributed by atoms with Gasteiger partial charge in [0.1, 0.15) is 5.75 Å². The van der Waals surface area contributed by atoms with E-state index < -0.39 is 0 Å². The second-order valence-electron chi connectivity index (χ2n) is 5.40. The summed E-state index contributed by atoms with van der Waals surface area (Å²) in [6.45, 7) is 4.36. The van der Waals surface area contributed by atoms with Gasteiger partial charge in [0, 0.05) is 17.1 Å². The maximum absolute atomic E-state index is 6.04. The molecule has 0 heterocycles. The van der Waals surface area contributed by atoms with Crippen molar-refractivity contribution in [2.75, 3.05) is 7.11 Å². The molecule has 1 unspecified atom stereocenters. The van der Waals surface area contributed by atoms with E-state index in [4.69, 9.17) is 16.3 Å². The molecule has 0 bridgehead atoms. The highest BCUT2D eigenvalue weighted by atomic mass is 35.5. The van der Waals surface area contributed by atoms with Crippen molar-refractivity contribution >= 4 is 11.6 Å². The number of rotatable bonds is 6. The first-order chi connectivity index (χ1) is 10.1. The van der Waals surface area contributed by atoms with Crippen molar-refractivity contribution in [3.63, 3.8) is 0 Å². The first kappa shape index (κ1) is 15.9. The van der Waals surface area contributed by atoms with Gasteiger partial charge in [0.05, 0.1) is 7.11 Å². The Kier molecular flexibility index (Phi) is 5.66. The van der Waals surface area contributed by atoms with Gasteiger partial charge >= 0.3 is 0 Å². The van der Waals surface area contributed by atoms with Gasteiger partial charge in [-0.15, -0.1) is 0 Å². The van der Waals surface area contributed by atoms with Crippen LogP contribution >= 0.6 is 11.6 Å². The Morgan fingerprint density at radius 3 is 2.43 bits per heavy atom. The summed E-state index contributed by atoms with van der Waals surface area (Å²) in [5.74, 6) is 0.895. The zero-order valence-electron chi connectivity index (χ0n) is 12.8. The van der Waals surface area contributed by atoms with E-state index in [9.17, 15) is 0 Å². The van der Waals surface area contributed by atoms with E-state index >= 15 is 0 Å². The number of ether oxygens (including phenoxy) is 1. The summed E-state index contributed by atoms with van der Waals surface area (Å²) in [6, 6.07) is 16.9. The van der Waals surface area contributed by atoms with Gasteiger partial charge in [-0.3, -0.25) is 0 Å². The highest BCUT2D eigenvalue weighted by Gasteiger charge is 2.10. The maximum atomic E-state index is 6.04. The van der Waals surface area contributed by atoms with Crippen LogP contribution in [0.3, 0.4) is 0 Å². The van der Waals surface area contributed by atoms with Crippen LogP contribution in [-0.4, -0.2) is 13.2 Å². The van der Waals surface area contributed by atoms with Gasteiger partial charge in [0.2, 0.25) is 0 Å². The number of methoxy groups -OCH3 is 1. The first-order valence-corrected chi connectivity index (χ1v) is 7.60. The van der Waals surface area contributed by atoms with E-state index in [1.54, 1.807) is 7.11 Å². The van der Waals surface area contributed by atoms with E-state index in [-0.39, 0.29) is 6.04 Å². The van der Waals surface area contributed by atoms with Crippen molar-refractivity contribution in [1.29, 1.82) is 0 Å². The molecule has 1 N–H and O–H groups in total. The molecule has 112 valence electrons. The molecule has 2 rings (SSSR count). The fourth-order valence-electron chi connectivity index (χ4n) is 2.47. The monoisotopic (exact) mass is 303 g/mol. The van der Waals surface area contributed by atoms with Crippen LogP contribution in [0.15, 0.2) is 48.5 Å². The summed E-state index contributed by atoms with van der Waals surface area (Å²) < 4.78 is 5.18. The van der Waals surface area contributed by atoms with E-state index in [0.29, 0.717) is 6.04 Å². The fraction of sp³-hybridized carbons (Fsp3) is 0.333. The summed E-state index contributed by atoms with van der Waals surface area (Å²) in [4.78, 5) is 0. The molecule has 0 aliphatic rings. The molecule has 2 atom stereocenters. The van der Waals surface area contributed by atoms with Crippen molar-refractivity contribution < 1.29 is 4.74 Å². The lowest BCUT2D eigenvalue weighted by atomic mass is 10.0. The van der Waals surface area contributed by atoms with Gasteiger partial charge in [-0.1, -0.05) is 35.9 Å². The van der Waals surface area contributed by atoms with Crippen molar-refractivity contribution in [3.05, 3.63) is 64.7 Å². The third kappa shape index (κ3) is 4.76. The third-order valence-electron chi connectivity index (χ3n) is 3.58. The minimum atomic E-state index is 0.275. The van der Waals surface area contributed by atoms with E-state index in [0.717, 1.165) is 17.2 Å². The van der Waals surface area contributed by atoms with Crippen LogP contribution in [0, 0.1) is 0 Å². The molecule has 0 saturated carbocycles. The molecule has 0 amide bonds. The quantitative estimate of drug-likeness (QED) is 0.840. The lowest BCUT2D eigenvalue weighted by molar-refractivity contribution is 0.414. The molecule has 0 aromatic heterocycles. The van der Waals surface area contributed by atoms with Gasteiger partial charge < -0.3 is 10.1 Å². The van der Waals surface area contributed by atoms with Crippen molar-refractivity contribution in [2.45, 2.75) is 32.4 Å². The number of benzene rings is 2. The van der Waals surface area contributed by atoms with E-state index in [1.165, 1.54) is 11.1 Å². The summed E-state index contributed by atoms with van der Waals surface area (Å²) in [7, 11) is 1.69. The number of nitrogens with one attached hydrogen (secondary N) is 1. The van der Waals surface area contributed by atoms with Gasteiger partial charge in [0.15, 0.2) is 0 Å². The summed E-state index contributed by atoms with van der Waals surface area (Å²) in [5.41, 5.74) is 2.51. The Labute approximate surface area is 132 Å². The average molecular weight is 304 g/mol. The second-order valence-corrected chi connectivity index (χ2v) is 5.83. The Morgan fingerprint density at radius 2 is 1.81 bits per heavy atom. The van der Waals surface area contributed by atoms with Crippen LogP contribution in [0.25, 0.3) is 0 Å². The Bertz CT molecular complexity index is 568. The van der Waals surface area contributed by atoms with Crippen LogP contribution in [0.4, 0.5) is 0 Å². The molecule has 0 fully saturated rings. The van der Waals surface area contributed by atoms with Crippen LogP contribution in [0.2, 0.25) is 5.02 Å². The van der Waals surface area contributed by atoms with Crippen molar-refractivity contribution in [3.8, 4) is 5.75 Å². The van der Waals surface area contributed by atoms with Crippen LogP contribution in [-0.2, 0) is 6.42 Å². The van der Waals surface area contributed by atoms with Crippen LogP contribution in [0.5, 0.6) is 5.75 Å². The van der Waals surface area contributed by atoms with Gasteiger partial charge in [-0.05, 0) is 55.7 Å². The lowest BCUT2D eigenvalue weighted by Crippen LogP contribution is -2.30. The molecule has 3 heteroatoms. The van der Waals surface area contributed by atoms with Crippen molar-refractivity contribution in [1.82, 2.24) is 5.32 Å². The number of halogens is 1. The highest BCUT2D eigenvalue weighted by Crippen LogP contribution is 2.19. The predicted octanol–water partition coefficient (Wildman–Crippen LogP) is 4.63. The molecule has 0 spiro atoms. The number of hydrogen-bond donors (Lipinski definition) is 1. The summed E-state index contributed by atoms with van der Waals surface area (Å²) in [6.07, 6.45) is 0.981. The lowest BCUT2D eigenvalue weighted by Gasteiger charge is -2.21. The summed E-state index contributed by atoms with van der Waals surface area (Å²) >= 11 is 6.04. The van der Waals surface area contributed by atoms with Crippen LogP contribution in [0.1, 0.15) is 31.0 Å². The Morgan fingerprint density at radius 1 is 1.10 bits per heavy atom. The van der Waals surface area contributed by atoms with E-state index in [1.807, 2.05) is 30.3 Å². The third-order valence-corrected chi connectivity index (χ3v) is 3.82. The Hall–Kier alpha value is -1.51. The molecule has 21 heavy (non-hydrogen) atoms. The highest BCUT2D eigenvalue weighted by molar-refractivity contribution is 6.30. The zero-order valence-corrected chi connectivity index (χ0v) is 13.5. The topological polar surface area (TPSA) is 21.3 Å². The molecular weight excluding hydrogens is 282 g/mol. The SMILES string of the molecule is COc1ccc(CC(C)N[C@@H](C)c2cccc(Cl)c2)cc1. The second kappa shape index (κ2) is 7.48. The predicted molar refractivity (Wildman–Crippen MR) is 89.2 cm³/mol. The average Bonchev–Trinajstić information content (AvgIpc) is 2.48. The van der Waals surface area contributed by atoms with Gasteiger partial charge in [-0.25, -0.2) is 0 Å². The normalized spacial score (nSPS) is 13.7. The molecule has 0 aliphatic carbocycles. The minimum Gasteiger partial charge on any atom is -0.497 e. The largest absolute Gasteiger partial charge is 0.497 e.